The summed E-state index contributed by atoms with van der Waals surface area (Å²) >= 11 is 0. The molecule has 1 fully saturated rings. The van der Waals surface area contributed by atoms with Crippen LogP contribution in [0.25, 0.3) is 0 Å². The molecule has 154 valence electrons. The summed E-state index contributed by atoms with van der Waals surface area (Å²) in [6.45, 7) is 4.00. The number of ether oxygens (including phenoxy) is 2. The van der Waals surface area contributed by atoms with Gasteiger partial charge in [0.25, 0.3) is 0 Å². The van der Waals surface area contributed by atoms with Crippen molar-refractivity contribution in [3.8, 4) is 5.75 Å². The Morgan fingerprint density at radius 2 is 2.07 bits per heavy atom. The van der Waals surface area contributed by atoms with Crippen molar-refractivity contribution in [2.45, 2.75) is 25.8 Å². The molecule has 0 bridgehead atoms. The van der Waals surface area contributed by atoms with Crippen molar-refractivity contribution in [3.63, 3.8) is 0 Å². The largest absolute Gasteiger partial charge is 0.496 e. The Hall–Kier alpha value is -2.93. The predicted octanol–water partition coefficient (Wildman–Crippen LogP) is 2.96. The van der Waals surface area contributed by atoms with Gasteiger partial charge in [-0.25, -0.2) is 4.79 Å². The SMILES string of the molecule is CCOC(=O)c1cccnc1C(C(=O)O)C1CCN(Cc2ccccc2OC)C1. The number of carbonyl (C=O) groups excluding carboxylic acids is 1. The van der Waals surface area contributed by atoms with E-state index in [0.29, 0.717) is 19.5 Å². The minimum atomic E-state index is -0.974. The Morgan fingerprint density at radius 3 is 2.79 bits per heavy atom. The summed E-state index contributed by atoms with van der Waals surface area (Å²) in [7, 11) is 1.64. The molecule has 7 heteroatoms. The number of carbonyl (C=O) groups is 2. The van der Waals surface area contributed by atoms with E-state index in [1.54, 1.807) is 26.2 Å². The van der Waals surface area contributed by atoms with Gasteiger partial charge in [-0.15, -0.1) is 0 Å². The van der Waals surface area contributed by atoms with Crippen molar-refractivity contribution in [2.75, 3.05) is 26.8 Å². The number of likely N-dealkylation sites (tertiary alicyclic amines) is 1. The van der Waals surface area contributed by atoms with E-state index in [-0.39, 0.29) is 23.8 Å². The van der Waals surface area contributed by atoms with E-state index in [4.69, 9.17) is 9.47 Å². The molecule has 2 heterocycles. The number of carboxylic acid groups (broad SMARTS) is 1. The number of hydrogen-bond donors (Lipinski definition) is 1. The van der Waals surface area contributed by atoms with Gasteiger partial charge >= 0.3 is 11.9 Å². The molecule has 2 aromatic rings. The molecule has 1 N–H and O–H groups in total. The van der Waals surface area contributed by atoms with E-state index in [1.165, 1.54) is 6.20 Å². The number of esters is 1. The summed E-state index contributed by atoms with van der Waals surface area (Å²) in [6.07, 6.45) is 2.24. The van der Waals surface area contributed by atoms with Gasteiger partial charge in [-0.05, 0) is 44.0 Å². The second kappa shape index (κ2) is 9.52. The van der Waals surface area contributed by atoms with Crippen LogP contribution in [-0.2, 0) is 16.1 Å². The molecule has 1 aliphatic rings. The number of methoxy groups -OCH3 is 1. The topological polar surface area (TPSA) is 89.0 Å². The zero-order chi connectivity index (χ0) is 20.8. The van der Waals surface area contributed by atoms with Crippen LogP contribution in [0.3, 0.4) is 0 Å². The average Bonchev–Trinajstić information content (AvgIpc) is 3.16. The van der Waals surface area contributed by atoms with Crippen LogP contribution in [-0.4, -0.2) is 53.7 Å². The highest BCUT2D eigenvalue weighted by Gasteiger charge is 2.38. The lowest BCUT2D eigenvalue weighted by Gasteiger charge is -2.22. The minimum Gasteiger partial charge on any atom is -0.496 e. The van der Waals surface area contributed by atoms with Gasteiger partial charge in [-0.3, -0.25) is 14.7 Å². The summed E-state index contributed by atoms with van der Waals surface area (Å²) in [5.41, 5.74) is 1.57. The first kappa shape index (κ1) is 20.8. The van der Waals surface area contributed by atoms with E-state index in [2.05, 4.69) is 9.88 Å². The second-order valence-electron chi connectivity index (χ2n) is 7.07. The Labute approximate surface area is 170 Å². The molecule has 0 saturated carbocycles. The molecular formula is C22H26N2O5. The van der Waals surface area contributed by atoms with Gasteiger partial charge in [0, 0.05) is 24.8 Å². The van der Waals surface area contributed by atoms with E-state index in [9.17, 15) is 14.7 Å². The van der Waals surface area contributed by atoms with Crippen LogP contribution in [0.1, 0.15) is 40.9 Å². The minimum absolute atomic E-state index is 0.148. The number of hydrogen-bond acceptors (Lipinski definition) is 6. The third-order valence-corrected chi connectivity index (χ3v) is 5.26. The third kappa shape index (κ3) is 4.74. The van der Waals surface area contributed by atoms with Crippen molar-refractivity contribution >= 4 is 11.9 Å². The molecule has 0 radical (unpaired) electrons. The van der Waals surface area contributed by atoms with Crippen LogP contribution in [0, 0.1) is 5.92 Å². The molecule has 3 rings (SSSR count). The van der Waals surface area contributed by atoms with Gasteiger partial charge in [0.05, 0.1) is 25.0 Å². The predicted molar refractivity (Wildman–Crippen MR) is 107 cm³/mol. The molecule has 29 heavy (non-hydrogen) atoms. The van der Waals surface area contributed by atoms with Gasteiger partial charge in [0.2, 0.25) is 0 Å². The highest BCUT2D eigenvalue weighted by Crippen LogP contribution is 2.34. The summed E-state index contributed by atoms with van der Waals surface area (Å²) in [5.74, 6) is -1.70. The van der Waals surface area contributed by atoms with E-state index in [1.807, 2.05) is 24.3 Å². The smallest absolute Gasteiger partial charge is 0.340 e. The Kier molecular flexibility index (Phi) is 6.82. The summed E-state index contributed by atoms with van der Waals surface area (Å²) < 4.78 is 10.5. The standard InChI is InChI=1S/C22H26N2O5/c1-3-29-22(27)17-8-6-11-23-20(17)19(21(25)26)16-10-12-24(14-16)13-15-7-4-5-9-18(15)28-2/h4-9,11,16,19H,3,10,12-14H2,1-2H3,(H,25,26). The van der Waals surface area contributed by atoms with Crippen LogP contribution in [0.2, 0.25) is 0 Å². The molecule has 7 nitrogen and oxygen atoms in total. The van der Waals surface area contributed by atoms with E-state index in [0.717, 1.165) is 17.9 Å². The van der Waals surface area contributed by atoms with Crippen molar-refractivity contribution in [1.29, 1.82) is 0 Å². The molecule has 0 amide bonds. The van der Waals surface area contributed by atoms with Crippen LogP contribution in [0.4, 0.5) is 0 Å². The maximum Gasteiger partial charge on any atom is 0.340 e. The molecular weight excluding hydrogens is 372 g/mol. The van der Waals surface area contributed by atoms with Crippen molar-refractivity contribution in [3.05, 3.63) is 59.4 Å². The van der Waals surface area contributed by atoms with Gasteiger partial charge in [0.15, 0.2) is 0 Å². The number of benzene rings is 1. The molecule has 1 aromatic carbocycles. The Morgan fingerprint density at radius 1 is 1.28 bits per heavy atom. The van der Waals surface area contributed by atoms with Crippen LogP contribution < -0.4 is 4.74 Å². The Balaban J connectivity index is 1.80. The van der Waals surface area contributed by atoms with E-state index >= 15 is 0 Å². The van der Waals surface area contributed by atoms with Gasteiger partial charge < -0.3 is 14.6 Å². The normalized spacial score (nSPS) is 17.7. The average molecular weight is 398 g/mol. The first-order valence-electron chi connectivity index (χ1n) is 9.74. The number of rotatable bonds is 8. The fraction of sp³-hybridized carbons (Fsp3) is 0.409. The lowest BCUT2D eigenvalue weighted by atomic mass is 9.86. The molecule has 0 spiro atoms. The van der Waals surface area contributed by atoms with Gasteiger partial charge in [0.1, 0.15) is 11.7 Å². The Bertz CT molecular complexity index is 870. The monoisotopic (exact) mass is 398 g/mol. The highest BCUT2D eigenvalue weighted by molar-refractivity contribution is 5.92. The van der Waals surface area contributed by atoms with Gasteiger partial charge in [-0.1, -0.05) is 18.2 Å². The van der Waals surface area contributed by atoms with Crippen LogP contribution in [0.5, 0.6) is 5.75 Å². The fourth-order valence-electron chi connectivity index (χ4n) is 3.94. The zero-order valence-corrected chi connectivity index (χ0v) is 16.7. The molecule has 2 unspecified atom stereocenters. The summed E-state index contributed by atoms with van der Waals surface area (Å²) in [5, 5.41) is 9.95. The molecule has 1 aliphatic heterocycles. The fourth-order valence-corrected chi connectivity index (χ4v) is 3.94. The highest BCUT2D eigenvalue weighted by atomic mass is 16.5. The zero-order valence-electron chi connectivity index (χ0n) is 16.7. The van der Waals surface area contributed by atoms with Crippen molar-refractivity contribution in [2.24, 2.45) is 5.92 Å². The van der Waals surface area contributed by atoms with Crippen molar-refractivity contribution in [1.82, 2.24) is 9.88 Å². The van der Waals surface area contributed by atoms with Crippen LogP contribution >= 0.6 is 0 Å². The van der Waals surface area contributed by atoms with Crippen LogP contribution in [0.15, 0.2) is 42.6 Å². The first-order valence-corrected chi connectivity index (χ1v) is 9.74. The first-order chi connectivity index (χ1) is 14.0. The second-order valence-corrected chi connectivity index (χ2v) is 7.07. The lowest BCUT2D eigenvalue weighted by molar-refractivity contribution is -0.140. The number of pyridine rings is 1. The summed E-state index contributed by atoms with van der Waals surface area (Å²) in [6, 6.07) is 11.0. The number of aromatic nitrogens is 1. The quantitative estimate of drug-likeness (QED) is 0.684. The molecule has 1 saturated heterocycles. The maximum atomic E-state index is 12.3. The van der Waals surface area contributed by atoms with E-state index < -0.39 is 17.9 Å². The number of para-hydroxylation sites is 1. The maximum absolute atomic E-state index is 12.3. The third-order valence-electron chi connectivity index (χ3n) is 5.26. The van der Waals surface area contributed by atoms with Crippen molar-refractivity contribution < 1.29 is 24.2 Å². The number of carboxylic acids is 1. The molecule has 2 atom stereocenters. The number of aliphatic carboxylic acids is 1. The molecule has 1 aromatic heterocycles. The molecule has 0 aliphatic carbocycles. The lowest BCUT2D eigenvalue weighted by Crippen LogP contribution is -2.28. The van der Waals surface area contributed by atoms with Gasteiger partial charge in [-0.2, -0.15) is 0 Å². The number of nitrogens with zero attached hydrogens (tertiary/aromatic N) is 2. The summed E-state index contributed by atoms with van der Waals surface area (Å²) in [4.78, 5) is 30.9.